The number of nitrogen functional groups attached to an aromatic ring is 1. The third kappa shape index (κ3) is 1.45. The Kier molecular flexibility index (Phi) is 2.09. The van der Waals surface area contributed by atoms with Gasteiger partial charge in [0.1, 0.15) is 0 Å². The fourth-order valence-electron chi connectivity index (χ4n) is 2.95. The smallest absolute Gasteiger partial charge is 0.228 e. The molecule has 2 aliphatic rings. The lowest BCUT2D eigenvalue weighted by molar-refractivity contribution is -0.118. The van der Waals surface area contributed by atoms with Gasteiger partial charge in [0, 0.05) is 12.1 Å². The van der Waals surface area contributed by atoms with Gasteiger partial charge in [-0.25, -0.2) is 0 Å². The van der Waals surface area contributed by atoms with E-state index < -0.39 is 0 Å². The van der Waals surface area contributed by atoms with Gasteiger partial charge in [0.15, 0.2) is 0 Å². The number of nitrogens with two attached hydrogens (primary N) is 1. The highest BCUT2D eigenvalue weighted by Gasteiger charge is 2.56. The normalized spacial score (nSPS) is 30.9. The molecule has 3 rings (SSSR count). The average Bonchev–Trinajstić information content (AvgIpc) is 2.76. The van der Waals surface area contributed by atoms with Crippen LogP contribution in [0.4, 0.5) is 11.4 Å². The van der Waals surface area contributed by atoms with Gasteiger partial charge in [-0.15, -0.1) is 0 Å². The fourth-order valence-corrected chi connectivity index (χ4v) is 2.95. The number of amides is 1. The molecule has 0 bridgehead atoms. The van der Waals surface area contributed by atoms with Gasteiger partial charge < -0.3 is 11.1 Å². The van der Waals surface area contributed by atoms with E-state index in [1.165, 1.54) is 19.3 Å². The maximum atomic E-state index is 12.0. The van der Waals surface area contributed by atoms with Crippen LogP contribution < -0.4 is 11.1 Å². The predicted octanol–water partition coefficient (Wildman–Crippen LogP) is 1.65. The molecular weight excluding hydrogens is 202 g/mol. The molecule has 1 heterocycles. The van der Waals surface area contributed by atoms with Crippen molar-refractivity contribution in [2.24, 2.45) is 17.8 Å². The first-order valence-electron chi connectivity index (χ1n) is 5.78. The third-order valence-electron chi connectivity index (χ3n) is 3.82. The minimum Gasteiger partial charge on any atom is -0.396 e. The summed E-state index contributed by atoms with van der Waals surface area (Å²) in [6, 6.07) is 1.74. The molecule has 4 nitrogen and oxygen atoms in total. The molecule has 1 aromatic heterocycles. The van der Waals surface area contributed by atoms with Gasteiger partial charge in [0.2, 0.25) is 5.91 Å². The maximum absolute atomic E-state index is 12.0. The van der Waals surface area contributed by atoms with Crippen molar-refractivity contribution in [2.75, 3.05) is 11.1 Å². The first kappa shape index (κ1) is 9.63. The molecule has 3 N–H and O–H groups in total. The second kappa shape index (κ2) is 3.47. The molecule has 2 aliphatic carbocycles. The standard InChI is InChI=1S/C12H15N3O/c13-9-6-14-5-4-10(9)15-12(16)11-7-2-1-3-8(7)11/h4-8,11H,1-3,13H2,(H,14,15,16). The van der Waals surface area contributed by atoms with Crippen LogP contribution in [-0.2, 0) is 4.79 Å². The summed E-state index contributed by atoms with van der Waals surface area (Å²) >= 11 is 0. The van der Waals surface area contributed by atoms with Crippen LogP contribution in [0.5, 0.6) is 0 Å². The molecule has 2 unspecified atom stereocenters. The summed E-state index contributed by atoms with van der Waals surface area (Å²) in [5.41, 5.74) is 6.94. The zero-order valence-electron chi connectivity index (χ0n) is 9.02. The summed E-state index contributed by atoms with van der Waals surface area (Å²) in [4.78, 5) is 15.8. The predicted molar refractivity (Wildman–Crippen MR) is 61.6 cm³/mol. The van der Waals surface area contributed by atoms with Gasteiger partial charge in [-0.2, -0.15) is 0 Å². The van der Waals surface area contributed by atoms with Crippen molar-refractivity contribution in [3.05, 3.63) is 18.5 Å². The Balaban J connectivity index is 1.68. The van der Waals surface area contributed by atoms with Gasteiger partial charge in [-0.05, 0) is 30.7 Å². The number of nitrogens with one attached hydrogen (secondary N) is 1. The van der Waals surface area contributed by atoms with E-state index >= 15 is 0 Å². The number of hydrogen-bond acceptors (Lipinski definition) is 3. The molecule has 2 fully saturated rings. The number of carbonyl (C=O) groups excluding carboxylic acids is 1. The monoisotopic (exact) mass is 217 g/mol. The van der Waals surface area contributed by atoms with Gasteiger partial charge in [-0.3, -0.25) is 9.78 Å². The number of anilines is 2. The summed E-state index contributed by atoms with van der Waals surface area (Å²) in [7, 11) is 0. The van der Waals surface area contributed by atoms with Crippen molar-refractivity contribution in [1.29, 1.82) is 0 Å². The summed E-state index contributed by atoms with van der Waals surface area (Å²) in [5.74, 6) is 1.65. The van der Waals surface area contributed by atoms with E-state index in [4.69, 9.17) is 5.73 Å². The van der Waals surface area contributed by atoms with Crippen LogP contribution in [0.15, 0.2) is 18.5 Å². The minimum atomic E-state index is 0.132. The Morgan fingerprint density at radius 2 is 2.19 bits per heavy atom. The molecule has 84 valence electrons. The average molecular weight is 217 g/mol. The summed E-state index contributed by atoms with van der Waals surface area (Å²) in [5, 5.41) is 2.90. The van der Waals surface area contributed by atoms with Gasteiger partial charge in [0.05, 0.1) is 17.6 Å². The van der Waals surface area contributed by atoms with E-state index in [9.17, 15) is 4.79 Å². The zero-order valence-corrected chi connectivity index (χ0v) is 9.02. The summed E-state index contributed by atoms with van der Waals surface area (Å²) in [6.07, 6.45) is 6.92. The maximum Gasteiger partial charge on any atom is 0.228 e. The van der Waals surface area contributed by atoms with Gasteiger partial charge in [-0.1, -0.05) is 6.42 Å². The molecule has 16 heavy (non-hydrogen) atoms. The number of rotatable bonds is 2. The zero-order chi connectivity index (χ0) is 11.1. The summed E-state index contributed by atoms with van der Waals surface area (Å²) < 4.78 is 0. The van der Waals surface area contributed by atoms with Crippen molar-refractivity contribution in [3.8, 4) is 0 Å². The van der Waals surface area contributed by atoms with Gasteiger partial charge in [0.25, 0.3) is 0 Å². The van der Waals surface area contributed by atoms with Crippen molar-refractivity contribution in [3.63, 3.8) is 0 Å². The SMILES string of the molecule is Nc1cnccc1NC(=O)C1C2CCCC21. The van der Waals surface area contributed by atoms with E-state index in [2.05, 4.69) is 10.3 Å². The molecule has 4 heteroatoms. The van der Waals surface area contributed by atoms with Crippen LogP contribution in [0, 0.1) is 17.8 Å². The first-order chi connectivity index (χ1) is 7.77. The van der Waals surface area contributed by atoms with Crippen LogP contribution in [0.1, 0.15) is 19.3 Å². The molecule has 2 atom stereocenters. The third-order valence-corrected chi connectivity index (χ3v) is 3.82. The lowest BCUT2D eigenvalue weighted by atomic mass is 10.1. The second-order valence-corrected chi connectivity index (χ2v) is 4.74. The van der Waals surface area contributed by atoms with E-state index in [0.29, 0.717) is 23.2 Å². The Labute approximate surface area is 94.2 Å². The van der Waals surface area contributed by atoms with Crippen molar-refractivity contribution in [2.45, 2.75) is 19.3 Å². The molecule has 1 aromatic rings. The highest BCUT2D eigenvalue weighted by atomic mass is 16.2. The van der Waals surface area contributed by atoms with Crippen LogP contribution in [0.3, 0.4) is 0 Å². The number of aromatic nitrogens is 1. The largest absolute Gasteiger partial charge is 0.396 e. The van der Waals surface area contributed by atoms with E-state index in [1.54, 1.807) is 18.5 Å². The molecule has 0 aliphatic heterocycles. The van der Waals surface area contributed by atoms with Crippen molar-refractivity contribution >= 4 is 17.3 Å². The number of nitrogens with zero attached hydrogens (tertiary/aromatic N) is 1. The molecule has 2 saturated carbocycles. The lowest BCUT2D eigenvalue weighted by Crippen LogP contribution is -2.17. The molecule has 0 spiro atoms. The van der Waals surface area contributed by atoms with E-state index in [0.717, 1.165) is 0 Å². The number of carbonyl (C=O) groups is 1. The van der Waals surface area contributed by atoms with Crippen LogP contribution in [0.25, 0.3) is 0 Å². The molecule has 1 amide bonds. The Hall–Kier alpha value is -1.58. The Bertz CT molecular complexity index is 422. The van der Waals surface area contributed by atoms with Crippen molar-refractivity contribution < 1.29 is 4.79 Å². The van der Waals surface area contributed by atoms with Crippen LogP contribution in [-0.4, -0.2) is 10.9 Å². The molecule has 0 aromatic carbocycles. The number of fused-ring (bicyclic) bond motifs is 1. The number of pyridine rings is 1. The number of hydrogen-bond donors (Lipinski definition) is 2. The van der Waals surface area contributed by atoms with Crippen molar-refractivity contribution in [1.82, 2.24) is 4.98 Å². The first-order valence-corrected chi connectivity index (χ1v) is 5.78. The lowest BCUT2D eigenvalue weighted by Gasteiger charge is -2.08. The minimum absolute atomic E-state index is 0.132. The molecule has 0 saturated heterocycles. The van der Waals surface area contributed by atoms with Gasteiger partial charge >= 0.3 is 0 Å². The topological polar surface area (TPSA) is 68.0 Å². The fraction of sp³-hybridized carbons (Fsp3) is 0.500. The molecule has 0 radical (unpaired) electrons. The Morgan fingerprint density at radius 3 is 2.88 bits per heavy atom. The van der Waals surface area contributed by atoms with Crippen LogP contribution >= 0.6 is 0 Å². The van der Waals surface area contributed by atoms with E-state index in [-0.39, 0.29) is 11.8 Å². The Morgan fingerprint density at radius 1 is 1.44 bits per heavy atom. The molecular formula is C12H15N3O. The summed E-state index contributed by atoms with van der Waals surface area (Å²) in [6.45, 7) is 0. The van der Waals surface area contributed by atoms with E-state index in [1.807, 2.05) is 0 Å². The highest BCUT2D eigenvalue weighted by Crippen LogP contribution is 2.57. The quantitative estimate of drug-likeness (QED) is 0.791. The van der Waals surface area contributed by atoms with Crippen LogP contribution in [0.2, 0.25) is 0 Å². The highest BCUT2D eigenvalue weighted by molar-refractivity contribution is 5.97. The second-order valence-electron chi connectivity index (χ2n) is 4.74.